The van der Waals surface area contributed by atoms with Crippen molar-refractivity contribution in [1.82, 2.24) is 0 Å². The number of rotatable bonds is 4. The van der Waals surface area contributed by atoms with Crippen LogP contribution in [0, 0.1) is 11.3 Å². The molecule has 1 rings (SSSR count). The lowest BCUT2D eigenvalue weighted by Crippen LogP contribution is -2.09. The Balaban J connectivity index is 3.61. The predicted octanol–water partition coefficient (Wildman–Crippen LogP) is 2.65. The van der Waals surface area contributed by atoms with Crippen molar-refractivity contribution < 1.29 is 21.9 Å². The molecule has 0 radical (unpaired) electrons. The summed E-state index contributed by atoms with van der Waals surface area (Å²) in [5.74, 6) is -0.559. The molecule has 0 aliphatic carbocycles. The molecule has 0 heterocycles. The van der Waals surface area contributed by atoms with Crippen molar-refractivity contribution in [2.75, 3.05) is 0 Å². The molecule has 0 unspecified atom stereocenters. The van der Waals surface area contributed by atoms with Crippen LogP contribution in [-0.2, 0) is 15.5 Å². The van der Waals surface area contributed by atoms with Crippen molar-refractivity contribution in [2.45, 2.75) is 24.9 Å². The highest BCUT2D eigenvalue weighted by molar-refractivity contribution is 8.13. The van der Waals surface area contributed by atoms with Crippen LogP contribution in [0.15, 0.2) is 17.0 Å². The quantitative estimate of drug-likeness (QED) is 0.801. The zero-order valence-corrected chi connectivity index (χ0v) is 10.7. The Morgan fingerprint density at radius 1 is 1.50 bits per heavy atom. The van der Waals surface area contributed by atoms with Crippen molar-refractivity contribution in [1.29, 1.82) is 5.26 Å². The lowest BCUT2D eigenvalue weighted by Gasteiger charge is -2.13. The van der Waals surface area contributed by atoms with Gasteiger partial charge in [-0.2, -0.15) is 14.0 Å². The summed E-state index contributed by atoms with van der Waals surface area (Å²) in [6.07, 6.45) is 0.143. The summed E-state index contributed by atoms with van der Waals surface area (Å²) >= 11 is 0. The number of hydrogen-bond acceptors (Lipinski definition) is 4. The Bertz CT molecular complexity index is 596. The molecule has 0 aliphatic rings. The third-order valence-corrected chi connectivity index (χ3v) is 3.56. The molecule has 4 nitrogen and oxygen atoms in total. The molecular formula is C10H8ClF2NO3S. The summed E-state index contributed by atoms with van der Waals surface area (Å²) in [5, 5.41) is 8.84. The first-order chi connectivity index (χ1) is 8.31. The summed E-state index contributed by atoms with van der Waals surface area (Å²) in [5.41, 5.74) is 0.115. The first kappa shape index (κ1) is 14.7. The van der Waals surface area contributed by atoms with Crippen LogP contribution in [0.25, 0.3) is 0 Å². The zero-order chi connectivity index (χ0) is 13.9. The molecule has 98 valence electrons. The Morgan fingerprint density at radius 2 is 2.11 bits per heavy atom. The van der Waals surface area contributed by atoms with E-state index in [9.17, 15) is 17.2 Å². The summed E-state index contributed by atoms with van der Waals surface area (Å²) in [6, 6.07) is 3.97. The van der Waals surface area contributed by atoms with E-state index in [-0.39, 0.29) is 17.5 Å². The molecule has 0 aromatic heterocycles. The fourth-order valence-corrected chi connectivity index (χ4v) is 2.93. The SMILES string of the molecule is CCc1c(C#N)ccc(OC(F)F)c1S(=O)(=O)Cl. The van der Waals surface area contributed by atoms with Crippen LogP contribution in [0.1, 0.15) is 18.1 Å². The first-order valence-corrected chi connectivity index (χ1v) is 7.07. The topological polar surface area (TPSA) is 67.2 Å². The van der Waals surface area contributed by atoms with E-state index >= 15 is 0 Å². The van der Waals surface area contributed by atoms with Gasteiger partial charge in [-0.3, -0.25) is 0 Å². The van der Waals surface area contributed by atoms with Crippen molar-refractivity contribution in [3.05, 3.63) is 23.3 Å². The van der Waals surface area contributed by atoms with Gasteiger partial charge < -0.3 is 4.74 Å². The fraction of sp³-hybridized carbons (Fsp3) is 0.300. The van der Waals surface area contributed by atoms with Gasteiger partial charge in [-0.15, -0.1) is 0 Å². The minimum Gasteiger partial charge on any atom is -0.433 e. The molecule has 0 saturated heterocycles. The Labute approximate surface area is 107 Å². The average Bonchev–Trinajstić information content (AvgIpc) is 2.25. The van der Waals surface area contributed by atoms with Crippen LogP contribution in [0.3, 0.4) is 0 Å². The van der Waals surface area contributed by atoms with E-state index in [1.165, 1.54) is 6.07 Å². The maximum atomic E-state index is 12.2. The van der Waals surface area contributed by atoms with E-state index in [0.29, 0.717) is 0 Å². The minimum absolute atomic E-state index is 0.0540. The van der Waals surface area contributed by atoms with E-state index in [1.807, 2.05) is 0 Å². The van der Waals surface area contributed by atoms with E-state index in [0.717, 1.165) is 6.07 Å². The lowest BCUT2D eigenvalue weighted by molar-refractivity contribution is -0.0518. The molecule has 18 heavy (non-hydrogen) atoms. The summed E-state index contributed by atoms with van der Waals surface area (Å²) < 4.78 is 51.3. The number of halogens is 3. The van der Waals surface area contributed by atoms with Gasteiger partial charge in [0, 0.05) is 10.7 Å². The first-order valence-electron chi connectivity index (χ1n) is 4.76. The normalized spacial score (nSPS) is 11.3. The molecule has 0 fully saturated rings. The average molecular weight is 296 g/mol. The maximum Gasteiger partial charge on any atom is 0.387 e. The molecule has 0 saturated carbocycles. The third kappa shape index (κ3) is 3.09. The fourth-order valence-electron chi connectivity index (χ4n) is 1.52. The van der Waals surface area contributed by atoms with Gasteiger partial charge in [0.15, 0.2) is 0 Å². The summed E-state index contributed by atoms with van der Waals surface area (Å²) in [4.78, 5) is -0.578. The summed E-state index contributed by atoms with van der Waals surface area (Å²) in [7, 11) is 0.906. The van der Waals surface area contributed by atoms with E-state index < -0.39 is 26.3 Å². The maximum absolute atomic E-state index is 12.2. The molecule has 1 aromatic rings. The Kier molecular flexibility index (Phi) is 4.48. The molecule has 0 amide bonds. The van der Waals surface area contributed by atoms with E-state index in [2.05, 4.69) is 4.74 Å². The molecule has 0 N–H and O–H groups in total. The van der Waals surface area contributed by atoms with Gasteiger partial charge in [-0.1, -0.05) is 6.92 Å². The largest absolute Gasteiger partial charge is 0.433 e. The highest BCUT2D eigenvalue weighted by Crippen LogP contribution is 2.33. The van der Waals surface area contributed by atoms with Gasteiger partial charge >= 0.3 is 6.61 Å². The molecule has 0 aliphatic heterocycles. The Hall–Kier alpha value is -1.39. The second kappa shape index (κ2) is 5.50. The highest BCUT2D eigenvalue weighted by Gasteiger charge is 2.25. The highest BCUT2D eigenvalue weighted by atomic mass is 35.7. The molecule has 0 atom stereocenters. The smallest absolute Gasteiger partial charge is 0.387 e. The molecule has 0 spiro atoms. The molecule has 8 heteroatoms. The number of hydrogen-bond donors (Lipinski definition) is 0. The van der Waals surface area contributed by atoms with Gasteiger partial charge in [0.2, 0.25) is 0 Å². The van der Waals surface area contributed by atoms with Gasteiger partial charge in [0.1, 0.15) is 10.6 Å². The second-order valence-corrected chi connectivity index (χ2v) is 5.70. The molecule has 1 aromatic carbocycles. The number of nitrogens with zero attached hydrogens (tertiary/aromatic N) is 1. The van der Waals surface area contributed by atoms with Gasteiger partial charge in [-0.25, -0.2) is 8.42 Å². The van der Waals surface area contributed by atoms with Crippen LogP contribution >= 0.6 is 10.7 Å². The van der Waals surface area contributed by atoms with Crippen LogP contribution in [0.2, 0.25) is 0 Å². The van der Waals surface area contributed by atoms with Crippen LogP contribution in [-0.4, -0.2) is 15.0 Å². The number of benzene rings is 1. The monoisotopic (exact) mass is 295 g/mol. The van der Waals surface area contributed by atoms with Crippen molar-refractivity contribution in [3.63, 3.8) is 0 Å². The zero-order valence-electron chi connectivity index (χ0n) is 9.15. The molecule has 0 bridgehead atoms. The van der Waals surface area contributed by atoms with Crippen molar-refractivity contribution in [3.8, 4) is 11.8 Å². The lowest BCUT2D eigenvalue weighted by atomic mass is 10.1. The van der Waals surface area contributed by atoms with Crippen molar-refractivity contribution >= 4 is 19.7 Å². The predicted molar refractivity (Wildman–Crippen MR) is 60.2 cm³/mol. The Morgan fingerprint density at radius 3 is 2.50 bits per heavy atom. The number of alkyl halides is 2. The van der Waals surface area contributed by atoms with Gasteiger partial charge in [-0.05, 0) is 24.1 Å². The van der Waals surface area contributed by atoms with Crippen molar-refractivity contribution in [2.24, 2.45) is 0 Å². The summed E-state index contributed by atoms with van der Waals surface area (Å²) in [6.45, 7) is -1.60. The van der Waals surface area contributed by atoms with Gasteiger partial charge in [0.05, 0.1) is 11.6 Å². The third-order valence-electron chi connectivity index (χ3n) is 2.16. The van der Waals surface area contributed by atoms with E-state index in [1.54, 1.807) is 13.0 Å². The van der Waals surface area contributed by atoms with E-state index in [4.69, 9.17) is 15.9 Å². The van der Waals surface area contributed by atoms with Crippen LogP contribution in [0.4, 0.5) is 8.78 Å². The van der Waals surface area contributed by atoms with Crippen LogP contribution in [0.5, 0.6) is 5.75 Å². The van der Waals surface area contributed by atoms with Gasteiger partial charge in [0.25, 0.3) is 9.05 Å². The molecular weight excluding hydrogens is 288 g/mol. The number of ether oxygens (including phenoxy) is 1. The van der Waals surface area contributed by atoms with Crippen LogP contribution < -0.4 is 4.74 Å². The standard InChI is InChI=1S/C10H8ClF2NO3S/c1-2-7-6(5-14)3-4-8(17-10(12)13)9(7)18(11,15)16/h3-4,10H,2H2,1H3. The minimum atomic E-state index is -4.29. The second-order valence-electron chi connectivity index (χ2n) is 3.20. The number of nitriles is 1.